The Labute approximate surface area is 94.1 Å². The number of hydrogen-bond acceptors (Lipinski definition) is 3. The van der Waals surface area contributed by atoms with E-state index in [9.17, 15) is 0 Å². The monoisotopic (exact) mass is 214 g/mol. The molecule has 1 unspecified atom stereocenters. The van der Waals surface area contributed by atoms with Crippen molar-refractivity contribution in [2.75, 3.05) is 39.3 Å². The van der Waals surface area contributed by atoms with Gasteiger partial charge in [0.1, 0.15) is 0 Å². The molecule has 1 atom stereocenters. The number of aliphatic hydroxyl groups excluding tert-OH is 1. The van der Waals surface area contributed by atoms with Crippen molar-refractivity contribution in [2.24, 2.45) is 0 Å². The lowest BCUT2D eigenvalue weighted by molar-refractivity contribution is 0.0815. The first-order valence-corrected chi connectivity index (χ1v) is 6.35. The Bertz CT molecular complexity index is 164. The molecular weight excluding hydrogens is 188 g/mol. The number of aliphatic hydroxyl groups is 1. The van der Waals surface area contributed by atoms with Crippen LogP contribution in [0.2, 0.25) is 0 Å². The average molecular weight is 214 g/mol. The van der Waals surface area contributed by atoms with E-state index in [1.54, 1.807) is 0 Å². The summed E-state index contributed by atoms with van der Waals surface area (Å²) in [6.07, 6.45) is 3.34. The third-order valence-electron chi connectivity index (χ3n) is 3.24. The van der Waals surface area contributed by atoms with Crippen LogP contribution in [-0.2, 0) is 0 Å². The highest BCUT2D eigenvalue weighted by molar-refractivity contribution is 4.78. The number of hydrogen-bond donors (Lipinski definition) is 1. The van der Waals surface area contributed by atoms with E-state index in [1.165, 1.54) is 32.6 Å². The van der Waals surface area contributed by atoms with Gasteiger partial charge in [0.05, 0.1) is 0 Å². The van der Waals surface area contributed by atoms with Gasteiger partial charge in [0.15, 0.2) is 0 Å². The van der Waals surface area contributed by atoms with Crippen LogP contribution < -0.4 is 0 Å². The van der Waals surface area contributed by atoms with Crippen LogP contribution in [0.25, 0.3) is 0 Å². The van der Waals surface area contributed by atoms with Gasteiger partial charge in [-0.1, -0.05) is 6.92 Å². The quantitative estimate of drug-likeness (QED) is 0.673. The third kappa shape index (κ3) is 4.49. The van der Waals surface area contributed by atoms with Crippen molar-refractivity contribution in [1.82, 2.24) is 9.80 Å². The van der Waals surface area contributed by atoms with Crippen molar-refractivity contribution in [3.05, 3.63) is 0 Å². The number of piperazine rings is 1. The normalized spacial score (nSPS) is 24.6. The highest BCUT2D eigenvalue weighted by Crippen LogP contribution is 2.10. The van der Waals surface area contributed by atoms with E-state index in [2.05, 4.69) is 23.6 Å². The number of unbranched alkanes of at least 4 members (excludes halogenated alkanes) is 1. The van der Waals surface area contributed by atoms with Crippen LogP contribution in [0.5, 0.6) is 0 Å². The predicted molar refractivity (Wildman–Crippen MR) is 64.1 cm³/mol. The molecule has 1 rings (SSSR count). The van der Waals surface area contributed by atoms with Crippen LogP contribution in [0.15, 0.2) is 0 Å². The van der Waals surface area contributed by atoms with E-state index in [0.29, 0.717) is 12.6 Å². The summed E-state index contributed by atoms with van der Waals surface area (Å²) in [6, 6.07) is 0.702. The molecule has 0 radical (unpaired) electrons. The number of nitrogens with zero attached hydrogens (tertiary/aromatic N) is 2. The molecule has 1 aliphatic heterocycles. The highest BCUT2D eigenvalue weighted by atomic mass is 16.2. The van der Waals surface area contributed by atoms with Crippen LogP contribution >= 0.6 is 0 Å². The summed E-state index contributed by atoms with van der Waals surface area (Å²) < 4.78 is 0. The SMILES string of the molecule is CCCN1CCN(CCCCO)CC1C. The molecule has 1 fully saturated rings. The second-order valence-corrected chi connectivity index (χ2v) is 4.62. The molecule has 90 valence electrons. The number of rotatable bonds is 6. The van der Waals surface area contributed by atoms with Gasteiger partial charge in [-0.2, -0.15) is 0 Å². The van der Waals surface area contributed by atoms with Crippen molar-refractivity contribution in [1.29, 1.82) is 0 Å². The van der Waals surface area contributed by atoms with E-state index in [-0.39, 0.29) is 0 Å². The molecule has 1 N–H and O–H groups in total. The van der Waals surface area contributed by atoms with E-state index < -0.39 is 0 Å². The second kappa shape index (κ2) is 7.20. The van der Waals surface area contributed by atoms with Gasteiger partial charge in [0, 0.05) is 32.3 Å². The molecule has 1 aliphatic rings. The molecule has 3 nitrogen and oxygen atoms in total. The van der Waals surface area contributed by atoms with Crippen molar-refractivity contribution in [3.8, 4) is 0 Å². The summed E-state index contributed by atoms with van der Waals surface area (Å²) in [4.78, 5) is 5.12. The average Bonchev–Trinajstić information content (AvgIpc) is 2.23. The van der Waals surface area contributed by atoms with Crippen molar-refractivity contribution in [2.45, 2.75) is 39.2 Å². The fourth-order valence-corrected chi connectivity index (χ4v) is 2.34. The zero-order valence-corrected chi connectivity index (χ0v) is 10.3. The van der Waals surface area contributed by atoms with E-state index in [1.807, 2.05) is 0 Å². The van der Waals surface area contributed by atoms with E-state index in [0.717, 1.165) is 19.4 Å². The second-order valence-electron chi connectivity index (χ2n) is 4.62. The van der Waals surface area contributed by atoms with Crippen LogP contribution in [0.4, 0.5) is 0 Å². The maximum Gasteiger partial charge on any atom is 0.0431 e. The molecule has 0 spiro atoms. The Morgan fingerprint density at radius 1 is 1.20 bits per heavy atom. The van der Waals surface area contributed by atoms with Crippen LogP contribution in [0.3, 0.4) is 0 Å². The molecular formula is C12H26N2O. The fourth-order valence-electron chi connectivity index (χ4n) is 2.34. The minimum Gasteiger partial charge on any atom is -0.396 e. The van der Waals surface area contributed by atoms with E-state index >= 15 is 0 Å². The lowest BCUT2D eigenvalue weighted by atomic mass is 10.1. The molecule has 0 aliphatic carbocycles. The summed E-state index contributed by atoms with van der Waals surface area (Å²) in [5, 5.41) is 8.73. The summed E-state index contributed by atoms with van der Waals surface area (Å²) in [5.41, 5.74) is 0. The summed E-state index contributed by atoms with van der Waals surface area (Å²) >= 11 is 0. The standard InChI is InChI=1S/C12H26N2O/c1-3-6-14-9-8-13(11-12(14)2)7-4-5-10-15/h12,15H,3-11H2,1-2H3. The molecule has 0 aromatic heterocycles. The topological polar surface area (TPSA) is 26.7 Å². The fraction of sp³-hybridized carbons (Fsp3) is 1.00. The summed E-state index contributed by atoms with van der Waals surface area (Å²) in [6.45, 7) is 10.9. The Balaban J connectivity index is 2.18. The van der Waals surface area contributed by atoms with Gasteiger partial charge in [-0.3, -0.25) is 4.90 Å². The zero-order chi connectivity index (χ0) is 11.1. The lowest BCUT2D eigenvalue weighted by Crippen LogP contribution is -2.52. The molecule has 0 aromatic carbocycles. The Morgan fingerprint density at radius 2 is 2.00 bits per heavy atom. The third-order valence-corrected chi connectivity index (χ3v) is 3.24. The molecule has 1 saturated heterocycles. The Hall–Kier alpha value is -0.120. The predicted octanol–water partition coefficient (Wildman–Crippen LogP) is 1.18. The van der Waals surface area contributed by atoms with Gasteiger partial charge in [0.2, 0.25) is 0 Å². The molecule has 15 heavy (non-hydrogen) atoms. The maximum absolute atomic E-state index is 8.73. The first-order chi connectivity index (χ1) is 7.27. The Kier molecular flexibility index (Phi) is 6.22. The summed E-state index contributed by atoms with van der Waals surface area (Å²) in [5.74, 6) is 0. The van der Waals surface area contributed by atoms with Gasteiger partial charge in [-0.25, -0.2) is 0 Å². The van der Waals surface area contributed by atoms with Gasteiger partial charge in [0.25, 0.3) is 0 Å². The zero-order valence-electron chi connectivity index (χ0n) is 10.3. The van der Waals surface area contributed by atoms with Crippen molar-refractivity contribution in [3.63, 3.8) is 0 Å². The van der Waals surface area contributed by atoms with Crippen LogP contribution in [0.1, 0.15) is 33.1 Å². The van der Waals surface area contributed by atoms with Gasteiger partial charge in [-0.15, -0.1) is 0 Å². The van der Waals surface area contributed by atoms with Crippen LogP contribution in [-0.4, -0.2) is 60.3 Å². The van der Waals surface area contributed by atoms with Crippen molar-refractivity contribution < 1.29 is 5.11 Å². The molecule has 0 saturated carbocycles. The van der Waals surface area contributed by atoms with Gasteiger partial charge >= 0.3 is 0 Å². The molecule has 3 heteroatoms. The highest BCUT2D eigenvalue weighted by Gasteiger charge is 2.21. The van der Waals surface area contributed by atoms with Gasteiger partial charge < -0.3 is 10.0 Å². The minimum atomic E-state index is 0.339. The lowest BCUT2D eigenvalue weighted by Gasteiger charge is -2.39. The largest absolute Gasteiger partial charge is 0.396 e. The molecule has 0 bridgehead atoms. The maximum atomic E-state index is 8.73. The van der Waals surface area contributed by atoms with Gasteiger partial charge in [-0.05, 0) is 39.3 Å². The Morgan fingerprint density at radius 3 is 2.60 bits per heavy atom. The molecule has 0 aromatic rings. The molecule has 1 heterocycles. The molecule has 0 amide bonds. The first kappa shape index (κ1) is 12.9. The van der Waals surface area contributed by atoms with Crippen molar-refractivity contribution >= 4 is 0 Å². The van der Waals surface area contributed by atoms with Crippen LogP contribution in [0, 0.1) is 0 Å². The first-order valence-electron chi connectivity index (χ1n) is 6.35. The summed E-state index contributed by atoms with van der Waals surface area (Å²) in [7, 11) is 0. The smallest absolute Gasteiger partial charge is 0.0431 e. The van der Waals surface area contributed by atoms with E-state index in [4.69, 9.17) is 5.11 Å². The minimum absolute atomic E-state index is 0.339.